The second kappa shape index (κ2) is 8.27. The molecule has 0 spiro atoms. The topological polar surface area (TPSA) is 78.9 Å². The van der Waals surface area contributed by atoms with Gasteiger partial charge in [0.25, 0.3) is 0 Å². The first kappa shape index (κ1) is 22.1. The summed E-state index contributed by atoms with van der Waals surface area (Å²) in [5.41, 5.74) is -0.447. The van der Waals surface area contributed by atoms with Crippen molar-refractivity contribution in [2.24, 2.45) is 40.4 Å². The van der Waals surface area contributed by atoms with Gasteiger partial charge in [0.2, 0.25) is 0 Å². The van der Waals surface area contributed by atoms with E-state index in [4.69, 9.17) is 14.2 Å². The van der Waals surface area contributed by atoms with Crippen molar-refractivity contribution in [3.8, 4) is 0 Å². The Morgan fingerprint density at radius 2 is 1.97 bits per heavy atom. The van der Waals surface area contributed by atoms with E-state index in [1.54, 1.807) is 6.92 Å². The Morgan fingerprint density at radius 1 is 1.24 bits per heavy atom. The fourth-order valence-corrected chi connectivity index (χ4v) is 6.67. The van der Waals surface area contributed by atoms with Crippen LogP contribution in [0, 0.1) is 40.4 Å². The molecule has 6 atom stereocenters. The van der Waals surface area contributed by atoms with E-state index >= 15 is 0 Å². The molecule has 0 aromatic carbocycles. The molecular weight excluding hydrogens is 372 g/mol. The number of cyclic esters (lactones) is 1. The SMILES string of the molecule is CCOC(=O)C(C)[C@@H]1CC[C@@H]([C@]23CCCC(C)(C)[C@H]2C(=O)OC3)[C@H](C(=O)OC)C1. The average Bonchev–Trinajstić information content (AvgIpc) is 3.05. The number of ether oxygens (including phenoxy) is 3. The van der Waals surface area contributed by atoms with Gasteiger partial charge in [-0.2, -0.15) is 0 Å². The molecule has 0 bridgehead atoms. The molecule has 0 N–H and O–H groups in total. The van der Waals surface area contributed by atoms with Crippen molar-refractivity contribution < 1.29 is 28.6 Å². The van der Waals surface area contributed by atoms with Crippen molar-refractivity contribution in [2.45, 2.75) is 66.2 Å². The molecule has 0 aromatic rings. The van der Waals surface area contributed by atoms with Gasteiger partial charge in [0.05, 0.1) is 38.1 Å². The van der Waals surface area contributed by atoms with Crippen LogP contribution in [0.5, 0.6) is 0 Å². The number of esters is 3. The zero-order valence-corrected chi connectivity index (χ0v) is 18.5. The summed E-state index contributed by atoms with van der Waals surface area (Å²) in [6.07, 6.45) is 5.18. The van der Waals surface area contributed by atoms with E-state index < -0.39 is 0 Å². The Balaban J connectivity index is 1.90. The normalized spacial score (nSPS) is 37.2. The van der Waals surface area contributed by atoms with Crippen LogP contribution in [0.1, 0.15) is 66.2 Å². The lowest BCUT2D eigenvalue weighted by Crippen LogP contribution is -2.53. The second-order valence-corrected chi connectivity index (χ2v) is 9.97. The monoisotopic (exact) mass is 408 g/mol. The van der Waals surface area contributed by atoms with Crippen molar-refractivity contribution in [1.82, 2.24) is 0 Å². The number of fused-ring (bicyclic) bond motifs is 1. The Labute approximate surface area is 174 Å². The van der Waals surface area contributed by atoms with E-state index in [9.17, 15) is 14.4 Å². The lowest BCUT2D eigenvalue weighted by Gasteiger charge is -2.53. The van der Waals surface area contributed by atoms with Crippen LogP contribution in [0.15, 0.2) is 0 Å². The molecule has 0 amide bonds. The quantitative estimate of drug-likeness (QED) is 0.509. The van der Waals surface area contributed by atoms with Crippen LogP contribution in [-0.2, 0) is 28.6 Å². The summed E-state index contributed by atoms with van der Waals surface area (Å²) in [4.78, 5) is 37.9. The smallest absolute Gasteiger partial charge is 0.310 e. The molecule has 6 heteroatoms. The van der Waals surface area contributed by atoms with Gasteiger partial charge in [0.15, 0.2) is 0 Å². The molecule has 3 aliphatic rings. The fourth-order valence-electron chi connectivity index (χ4n) is 6.67. The molecule has 3 fully saturated rings. The summed E-state index contributed by atoms with van der Waals surface area (Å²) < 4.78 is 16.0. The third kappa shape index (κ3) is 3.79. The molecule has 2 aliphatic carbocycles. The minimum absolute atomic E-state index is 0.0385. The number of hydrogen-bond donors (Lipinski definition) is 0. The summed E-state index contributed by atoms with van der Waals surface area (Å²) >= 11 is 0. The van der Waals surface area contributed by atoms with Crippen LogP contribution in [0.3, 0.4) is 0 Å². The van der Waals surface area contributed by atoms with E-state index in [2.05, 4.69) is 13.8 Å². The maximum atomic E-state index is 12.8. The fraction of sp³-hybridized carbons (Fsp3) is 0.870. The molecule has 1 aliphatic heterocycles. The highest BCUT2D eigenvalue weighted by Gasteiger charge is 2.64. The van der Waals surface area contributed by atoms with Gasteiger partial charge in [-0.1, -0.05) is 27.2 Å². The van der Waals surface area contributed by atoms with Gasteiger partial charge in [-0.15, -0.1) is 0 Å². The van der Waals surface area contributed by atoms with Crippen molar-refractivity contribution >= 4 is 17.9 Å². The van der Waals surface area contributed by atoms with Crippen molar-refractivity contribution in [1.29, 1.82) is 0 Å². The molecule has 164 valence electrons. The lowest BCUT2D eigenvalue weighted by molar-refractivity contribution is -0.161. The Morgan fingerprint density at radius 3 is 2.62 bits per heavy atom. The molecule has 0 aromatic heterocycles. The van der Waals surface area contributed by atoms with Gasteiger partial charge in [0, 0.05) is 5.41 Å². The van der Waals surface area contributed by atoms with Crippen LogP contribution in [0.25, 0.3) is 0 Å². The summed E-state index contributed by atoms with van der Waals surface area (Å²) in [5.74, 6) is -1.17. The molecule has 1 unspecified atom stereocenters. The van der Waals surface area contributed by atoms with Gasteiger partial charge >= 0.3 is 17.9 Å². The number of hydrogen-bond acceptors (Lipinski definition) is 6. The van der Waals surface area contributed by atoms with E-state index in [-0.39, 0.29) is 58.3 Å². The second-order valence-electron chi connectivity index (χ2n) is 9.97. The van der Waals surface area contributed by atoms with E-state index in [1.165, 1.54) is 7.11 Å². The van der Waals surface area contributed by atoms with E-state index in [0.717, 1.165) is 32.1 Å². The van der Waals surface area contributed by atoms with Crippen LogP contribution >= 0.6 is 0 Å². The first-order valence-corrected chi connectivity index (χ1v) is 11.1. The first-order chi connectivity index (χ1) is 13.7. The molecular formula is C23H36O6. The zero-order valence-electron chi connectivity index (χ0n) is 18.5. The third-order valence-electron chi connectivity index (χ3n) is 8.04. The molecule has 0 radical (unpaired) electrons. The zero-order chi connectivity index (χ0) is 21.4. The standard InChI is InChI=1S/C23H36O6/c1-6-28-19(24)14(2)15-8-9-17(16(12-15)20(25)27-5)23-11-7-10-22(3,4)18(23)21(26)29-13-23/h14-18H,6-13H2,1-5H3/t14?,15-,16-,17-,18-,23-/m1/s1. The van der Waals surface area contributed by atoms with Crippen LogP contribution in [-0.4, -0.2) is 38.2 Å². The molecule has 2 saturated carbocycles. The highest BCUT2D eigenvalue weighted by molar-refractivity contribution is 5.78. The summed E-state index contributed by atoms with van der Waals surface area (Å²) in [6.45, 7) is 8.76. The Bertz CT molecular complexity index is 656. The van der Waals surface area contributed by atoms with Crippen LogP contribution in [0.2, 0.25) is 0 Å². The number of carbonyl (C=O) groups excluding carboxylic acids is 3. The van der Waals surface area contributed by atoms with Crippen molar-refractivity contribution in [3.63, 3.8) is 0 Å². The van der Waals surface area contributed by atoms with Gasteiger partial charge in [-0.3, -0.25) is 14.4 Å². The molecule has 3 rings (SSSR count). The Hall–Kier alpha value is -1.59. The van der Waals surface area contributed by atoms with E-state index in [1.807, 2.05) is 6.92 Å². The predicted octanol–water partition coefficient (Wildman–Crippen LogP) is 3.76. The highest BCUT2D eigenvalue weighted by atomic mass is 16.5. The van der Waals surface area contributed by atoms with Gasteiger partial charge in [-0.25, -0.2) is 0 Å². The van der Waals surface area contributed by atoms with Crippen molar-refractivity contribution in [3.05, 3.63) is 0 Å². The summed E-state index contributed by atoms with van der Waals surface area (Å²) in [5, 5.41) is 0. The lowest BCUT2D eigenvalue weighted by atomic mass is 9.48. The number of methoxy groups -OCH3 is 1. The molecule has 1 saturated heterocycles. The average molecular weight is 409 g/mol. The summed E-state index contributed by atoms with van der Waals surface area (Å²) in [7, 11) is 1.42. The molecule has 1 heterocycles. The van der Waals surface area contributed by atoms with Crippen LogP contribution in [0.4, 0.5) is 0 Å². The van der Waals surface area contributed by atoms with Crippen molar-refractivity contribution in [2.75, 3.05) is 20.3 Å². The van der Waals surface area contributed by atoms with E-state index in [0.29, 0.717) is 19.6 Å². The molecule has 29 heavy (non-hydrogen) atoms. The predicted molar refractivity (Wildman–Crippen MR) is 107 cm³/mol. The highest BCUT2D eigenvalue weighted by Crippen LogP contribution is 2.62. The number of carbonyl (C=O) groups is 3. The third-order valence-corrected chi connectivity index (χ3v) is 8.04. The minimum Gasteiger partial charge on any atom is -0.469 e. The van der Waals surface area contributed by atoms with Crippen LogP contribution < -0.4 is 0 Å². The largest absolute Gasteiger partial charge is 0.469 e. The summed E-state index contributed by atoms with van der Waals surface area (Å²) in [6, 6.07) is 0. The molecule has 6 nitrogen and oxygen atoms in total. The Kier molecular flexibility index (Phi) is 6.30. The van der Waals surface area contributed by atoms with Gasteiger partial charge in [0.1, 0.15) is 0 Å². The first-order valence-electron chi connectivity index (χ1n) is 11.1. The number of rotatable bonds is 5. The maximum Gasteiger partial charge on any atom is 0.310 e. The van der Waals surface area contributed by atoms with Gasteiger partial charge < -0.3 is 14.2 Å². The maximum absolute atomic E-state index is 12.8. The van der Waals surface area contributed by atoms with Gasteiger partial charge in [-0.05, 0) is 56.3 Å². The minimum atomic E-state index is -0.318.